The van der Waals surface area contributed by atoms with Crippen molar-refractivity contribution < 1.29 is 8.78 Å². The SMILES string of the molecule is CC(C)N1C2C=CC1c1cc(F)c(F)cc12.Cl. The summed E-state index contributed by atoms with van der Waals surface area (Å²) >= 11 is 0. The predicted molar refractivity (Wildman–Crippen MR) is 65.2 cm³/mol. The highest BCUT2D eigenvalue weighted by molar-refractivity contribution is 5.85. The molecule has 1 aromatic rings. The van der Waals surface area contributed by atoms with Crippen LogP contribution in [-0.2, 0) is 0 Å². The van der Waals surface area contributed by atoms with Gasteiger partial charge in [-0.25, -0.2) is 8.78 Å². The second-order valence-corrected chi connectivity index (χ2v) is 4.71. The van der Waals surface area contributed by atoms with Gasteiger partial charge in [-0.3, -0.25) is 4.90 Å². The van der Waals surface area contributed by atoms with E-state index in [1.807, 2.05) is 0 Å². The topological polar surface area (TPSA) is 3.24 Å². The average Bonchev–Trinajstić information content (AvgIpc) is 2.75. The minimum Gasteiger partial charge on any atom is -0.280 e. The monoisotopic (exact) mass is 257 g/mol. The molecule has 0 aliphatic carbocycles. The Balaban J connectivity index is 0.00000108. The van der Waals surface area contributed by atoms with Gasteiger partial charge in [0, 0.05) is 6.04 Å². The minimum atomic E-state index is -0.747. The van der Waals surface area contributed by atoms with E-state index in [0.29, 0.717) is 6.04 Å². The van der Waals surface area contributed by atoms with Crippen molar-refractivity contribution in [2.24, 2.45) is 0 Å². The first-order valence-electron chi connectivity index (χ1n) is 5.54. The molecular weight excluding hydrogens is 244 g/mol. The Labute approximate surface area is 106 Å². The smallest absolute Gasteiger partial charge is 0.159 e. The van der Waals surface area contributed by atoms with Gasteiger partial charge in [-0.15, -0.1) is 12.4 Å². The van der Waals surface area contributed by atoms with Crippen molar-refractivity contribution in [3.63, 3.8) is 0 Å². The summed E-state index contributed by atoms with van der Waals surface area (Å²) in [6, 6.07) is 3.29. The summed E-state index contributed by atoms with van der Waals surface area (Å²) in [5, 5.41) is 0. The molecule has 0 amide bonds. The second kappa shape index (κ2) is 4.07. The molecule has 0 N–H and O–H groups in total. The molecule has 2 bridgehead atoms. The van der Waals surface area contributed by atoms with Crippen LogP contribution in [0.2, 0.25) is 0 Å². The molecule has 0 aromatic heterocycles. The van der Waals surface area contributed by atoms with E-state index >= 15 is 0 Å². The van der Waals surface area contributed by atoms with Gasteiger partial charge in [0.2, 0.25) is 0 Å². The van der Waals surface area contributed by atoms with Gasteiger partial charge in [-0.2, -0.15) is 0 Å². The van der Waals surface area contributed by atoms with Crippen LogP contribution in [0.4, 0.5) is 8.78 Å². The number of fused-ring (bicyclic) bond motifs is 5. The van der Waals surface area contributed by atoms with E-state index in [-0.39, 0.29) is 24.5 Å². The highest BCUT2D eigenvalue weighted by atomic mass is 35.5. The molecule has 1 nitrogen and oxygen atoms in total. The highest BCUT2D eigenvalue weighted by Gasteiger charge is 2.41. The van der Waals surface area contributed by atoms with Crippen LogP contribution >= 0.6 is 12.4 Å². The largest absolute Gasteiger partial charge is 0.280 e. The quantitative estimate of drug-likeness (QED) is 0.693. The van der Waals surface area contributed by atoms with E-state index in [4.69, 9.17) is 0 Å². The first-order chi connectivity index (χ1) is 7.59. The Kier molecular flexibility index (Phi) is 3.00. The maximum absolute atomic E-state index is 13.2. The van der Waals surface area contributed by atoms with Gasteiger partial charge in [-0.05, 0) is 37.1 Å². The van der Waals surface area contributed by atoms with Crippen molar-refractivity contribution in [2.45, 2.75) is 32.0 Å². The van der Waals surface area contributed by atoms with Crippen LogP contribution in [0.3, 0.4) is 0 Å². The summed E-state index contributed by atoms with van der Waals surface area (Å²) < 4.78 is 26.4. The molecule has 2 unspecified atom stereocenters. The molecule has 0 saturated heterocycles. The van der Waals surface area contributed by atoms with Crippen LogP contribution in [0, 0.1) is 11.6 Å². The van der Waals surface area contributed by atoms with Crippen LogP contribution in [0.1, 0.15) is 37.1 Å². The summed E-state index contributed by atoms with van der Waals surface area (Å²) in [6.07, 6.45) is 4.15. The fourth-order valence-corrected chi connectivity index (χ4v) is 2.84. The first kappa shape index (κ1) is 12.5. The number of hydrogen-bond donors (Lipinski definition) is 0. The predicted octanol–water partition coefficient (Wildman–Crippen LogP) is 3.76. The summed E-state index contributed by atoms with van der Waals surface area (Å²) in [5.74, 6) is -1.49. The van der Waals surface area contributed by atoms with E-state index in [1.165, 1.54) is 12.1 Å². The molecule has 3 rings (SSSR count). The summed E-state index contributed by atoms with van der Waals surface area (Å²) in [7, 11) is 0. The minimum absolute atomic E-state index is 0. The highest BCUT2D eigenvalue weighted by Crippen LogP contribution is 2.49. The second-order valence-electron chi connectivity index (χ2n) is 4.71. The van der Waals surface area contributed by atoms with Gasteiger partial charge in [0.25, 0.3) is 0 Å². The maximum atomic E-state index is 13.2. The third-order valence-corrected chi connectivity index (χ3v) is 3.48. The van der Waals surface area contributed by atoms with Crippen LogP contribution < -0.4 is 0 Å². The van der Waals surface area contributed by atoms with E-state index in [0.717, 1.165) is 11.1 Å². The lowest BCUT2D eigenvalue weighted by atomic mass is 9.97. The zero-order chi connectivity index (χ0) is 11.4. The standard InChI is InChI=1S/C13H13F2N.ClH/c1-7(2)16-12-3-4-13(16)9-6-11(15)10(14)5-8(9)12;/h3-7,12-13H,1-2H3;1H. The fraction of sp³-hybridized carbons (Fsp3) is 0.385. The van der Waals surface area contributed by atoms with Crippen LogP contribution in [0.15, 0.2) is 24.3 Å². The van der Waals surface area contributed by atoms with Crippen molar-refractivity contribution in [2.75, 3.05) is 0 Å². The maximum Gasteiger partial charge on any atom is 0.159 e. The molecule has 2 atom stereocenters. The van der Waals surface area contributed by atoms with E-state index < -0.39 is 11.6 Å². The number of hydrogen-bond acceptors (Lipinski definition) is 1. The van der Waals surface area contributed by atoms with Crippen LogP contribution in [-0.4, -0.2) is 10.9 Å². The molecule has 2 aliphatic heterocycles. The lowest BCUT2D eigenvalue weighted by Crippen LogP contribution is -2.27. The Hall–Kier alpha value is -0.930. The van der Waals surface area contributed by atoms with Gasteiger partial charge < -0.3 is 0 Å². The third kappa shape index (κ3) is 1.60. The fourth-order valence-electron chi connectivity index (χ4n) is 2.84. The molecule has 0 radical (unpaired) electrons. The summed E-state index contributed by atoms with van der Waals surface area (Å²) in [6.45, 7) is 4.21. The van der Waals surface area contributed by atoms with Crippen molar-refractivity contribution in [3.05, 3.63) is 47.0 Å². The van der Waals surface area contributed by atoms with Gasteiger partial charge in [0.05, 0.1) is 12.1 Å². The molecule has 0 fully saturated rings. The number of halogens is 3. The van der Waals surface area contributed by atoms with Gasteiger partial charge in [0.15, 0.2) is 11.6 Å². The molecule has 1 aromatic carbocycles. The summed E-state index contributed by atoms with van der Waals surface area (Å²) in [5.41, 5.74) is 1.83. The Morgan fingerprint density at radius 1 is 1.00 bits per heavy atom. The average molecular weight is 258 g/mol. The zero-order valence-electron chi connectivity index (χ0n) is 9.65. The molecule has 17 heavy (non-hydrogen) atoms. The number of benzene rings is 1. The molecule has 2 heterocycles. The van der Waals surface area contributed by atoms with E-state index in [9.17, 15) is 8.78 Å². The zero-order valence-corrected chi connectivity index (χ0v) is 10.5. The number of nitrogens with zero attached hydrogens (tertiary/aromatic N) is 1. The Morgan fingerprint density at radius 2 is 1.41 bits per heavy atom. The lowest BCUT2D eigenvalue weighted by Gasteiger charge is -2.26. The third-order valence-electron chi connectivity index (χ3n) is 3.48. The van der Waals surface area contributed by atoms with Gasteiger partial charge in [0.1, 0.15) is 0 Å². The molecule has 4 heteroatoms. The van der Waals surface area contributed by atoms with Crippen LogP contribution in [0.5, 0.6) is 0 Å². The van der Waals surface area contributed by atoms with Gasteiger partial charge in [-0.1, -0.05) is 12.2 Å². The molecular formula is C13H14ClF2N. The Morgan fingerprint density at radius 3 is 1.76 bits per heavy atom. The van der Waals surface area contributed by atoms with Crippen molar-refractivity contribution in [3.8, 4) is 0 Å². The summed E-state index contributed by atoms with van der Waals surface area (Å²) in [4.78, 5) is 2.27. The number of rotatable bonds is 1. The van der Waals surface area contributed by atoms with Crippen molar-refractivity contribution in [1.82, 2.24) is 4.90 Å². The van der Waals surface area contributed by atoms with Crippen molar-refractivity contribution >= 4 is 12.4 Å². The molecule has 0 spiro atoms. The van der Waals surface area contributed by atoms with E-state index in [2.05, 4.69) is 30.9 Å². The first-order valence-corrected chi connectivity index (χ1v) is 5.54. The molecule has 2 aliphatic rings. The van der Waals surface area contributed by atoms with Gasteiger partial charge >= 0.3 is 0 Å². The molecule has 92 valence electrons. The van der Waals surface area contributed by atoms with E-state index in [1.54, 1.807) is 0 Å². The Bertz CT molecular complexity index is 446. The normalized spacial score (nSPS) is 25.2. The van der Waals surface area contributed by atoms with Crippen molar-refractivity contribution in [1.29, 1.82) is 0 Å². The molecule has 0 saturated carbocycles. The lowest BCUT2D eigenvalue weighted by molar-refractivity contribution is 0.188. The van der Waals surface area contributed by atoms with Crippen LogP contribution in [0.25, 0.3) is 0 Å².